The predicted octanol–water partition coefficient (Wildman–Crippen LogP) is 3.41. The Balaban J connectivity index is 1.80. The molecule has 1 aliphatic heterocycles. The summed E-state index contributed by atoms with van der Waals surface area (Å²) >= 11 is 12.0. The van der Waals surface area contributed by atoms with E-state index in [-0.39, 0.29) is 28.7 Å². The van der Waals surface area contributed by atoms with Crippen molar-refractivity contribution >= 4 is 44.6 Å². The maximum absolute atomic E-state index is 12.7. The molecule has 0 radical (unpaired) electrons. The van der Waals surface area contributed by atoms with E-state index < -0.39 is 14.9 Å². The van der Waals surface area contributed by atoms with Crippen LogP contribution in [0, 0.1) is 10.1 Å². The second-order valence-corrected chi connectivity index (χ2v) is 8.49. The van der Waals surface area contributed by atoms with Gasteiger partial charge in [0.25, 0.3) is 5.69 Å². The van der Waals surface area contributed by atoms with Crippen molar-refractivity contribution in [3.05, 3.63) is 62.6 Å². The fraction of sp³-hybridized carbons (Fsp3) is 0.250. The van der Waals surface area contributed by atoms with Crippen LogP contribution < -0.4 is 4.90 Å². The normalized spacial score (nSPS) is 15.8. The molecular weight excluding hydrogens is 401 g/mol. The Morgan fingerprint density at radius 1 is 0.962 bits per heavy atom. The summed E-state index contributed by atoms with van der Waals surface area (Å²) in [4.78, 5) is 12.7. The number of anilines is 1. The minimum Gasteiger partial charge on any atom is -0.362 e. The number of sulfonamides is 1. The van der Waals surface area contributed by atoms with Crippen LogP contribution in [0.25, 0.3) is 0 Å². The minimum atomic E-state index is -3.64. The molecule has 0 unspecified atom stereocenters. The molecule has 0 spiro atoms. The van der Waals surface area contributed by atoms with E-state index in [1.807, 2.05) is 0 Å². The molecule has 0 saturated carbocycles. The summed E-state index contributed by atoms with van der Waals surface area (Å²) in [5.41, 5.74) is 0.231. The lowest BCUT2D eigenvalue weighted by Gasteiger charge is -2.35. The van der Waals surface area contributed by atoms with Gasteiger partial charge in [-0.3, -0.25) is 10.1 Å². The predicted molar refractivity (Wildman–Crippen MR) is 101 cm³/mol. The van der Waals surface area contributed by atoms with Crippen LogP contribution in [0.5, 0.6) is 0 Å². The van der Waals surface area contributed by atoms with Crippen molar-refractivity contribution in [1.82, 2.24) is 4.31 Å². The number of nitrogens with zero attached hydrogens (tertiary/aromatic N) is 3. The third-order valence-electron chi connectivity index (χ3n) is 4.17. The molecule has 0 bridgehead atoms. The molecule has 0 atom stereocenters. The number of halogens is 2. The zero-order chi connectivity index (χ0) is 18.9. The fourth-order valence-electron chi connectivity index (χ4n) is 2.87. The minimum absolute atomic E-state index is 0.0912. The summed E-state index contributed by atoms with van der Waals surface area (Å²) in [7, 11) is -3.64. The van der Waals surface area contributed by atoms with Crippen molar-refractivity contribution in [2.45, 2.75) is 4.90 Å². The summed E-state index contributed by atoms with van der Waals surface area (Å²) in [5, 5.41) is 12.0. The van der Waals surface area contributed by atoms with Crippen LogP contribution in [0.3, 0.4) is 0 Å². The van der Waals surface area contributed by atoms with E-state index >= 15 is 0 Å². The van der Waals surface area contributed by atoms with Gasteiger partial charge >= 0.3 is 0 Å². The van der Waals surface area contributed by atoms with Gasteiger partial charge in [0.05, 0.1) is 14.8 Å². The lowest BCUT2D eigenvalue weighted by molar-refractivity contribution is -0.384. The molecule has 7 nitrogen and oxygen atoms in total. The zero-order valence-corrected chi connectivity index (χ0v) is 15.8. The third-order valence-corrected chi connectivity index (χ3v) is 6.64. The maximum atomic E-state index is 12.7. The molecule has 3 rings (SSSR count). The van der Waals surface area contributed by atoms with Crippen molar-refractivity contribution in [3.8, 4) is 0 Å². The zero-order valence-electron chi connectivity index (χ0n) is 13.5. The van der Waals surface area contributed by atoms with E-state index in [9.17, 15) is 18.5 Å². The molecule has 1 fully saturated rings. The van der Waals surface area contributed by atoms with Gasteiger partial charge in [0.15, 0.2) is 0 Å². The maximum Gasteiger partial charge on any atom is 0.294 e. The Labute approximate surface area is 160 Å². The summed E-state index contributed by atoms with van der Waals surface area (Å²) in [6.45, 7) is 1.01. The van der Waals surface area contributed by atoms with Gasteiger partial charge in [-0.25, -0.2) is 8.42 Å². The van der Waals surface area contributed by atoms with Crippen LogP contribution in [0.4, 0.5) is 11.4 Å². The topological polar surface area (TPSA) is 83.8 Å². The van der Waals surface area contributed by atoms with E-state index in [1.165, 1.54) is 40.7 Å². The van der Waals surface area contributed by atoms with Crippen molar-refractivity contribution in [1.29, 1.82) is 0 Å². The van der Waals surface area contributed by atoms with Gasteiger partial charge in [0.1, 0.15) is 5.69 Å². The van der Waals surface area contributed by atoms with Crippen LogP contribution in [-0.2, 0) is 10.0 Å². The van der Waals surface area contributed by atoms with Crippen LogP contribution in [0.2, 0.25) is 10.0 Å². The van der Waals surface area contributed by atoms with E-state index in [0.29, 0.717) is 23.8 Å². The molecule has 0 amide bonds. The first-order valence-corrected chi connectivity index (χ1v) is 9.94. The van der Waals surface area contributed by atoms with Gasteiger partial charge < -0.3 is 4.90 Å². The van der Waals surface area contributed by atoms with Gasteiger partial charge in [-0.05, 0) is 30.3 Å². The number of nitro groups is 1. The smallest absolute Gasteiger partial charge is 0.294 e. The molecule has 2 aromatic rings. The highest BCUT2D eigenvalue weighted by Gasteiger charge is 2.31. The number of nitro benzene ring substituents is 1. The highest BCUT2D eigenvalue weighted by molar-refractivity contribution is 7.89. The van der Waals surface area contributed by atoms with Crippen LogP contribution in [-0.4, -0.2) is 43.8 Å². The number of piperazine rings is 1. The largest absolute Gasteiger partial charge is 0.362 e. The lowest BCUT2D eigenvalue weighted by Crippen LogP contribution is -2.48. The standard InChI is InChI=1S/C16H15Cl2N3O4S/c17-12-4-6-13(7-5-12)26(24,25)20-10-8-19(9-11-20)16-14(18)2-1-3-15(16)21(22)23/h1-7H,8-11H2. The van der Waals surface area contributed by atoms with E-state index in [1.54, 1.807) is 11.0 Å². The first kappa shape index (κ1) is 18.9. The number of para-hydroxylation sites is 1. The fourth-order valence-corrected chi connectivity index (χ4v) is 4.71. The second kappa shape index (κ2) is 7.40. The molecule has 1 aliphatic rings. The first-order chi connectivity index (χ1) is 12.3. The quantitative estimate of drug-likeness (QED) is 0.564. The second-order valence-electron chi connectivity index (χ2n) is 5.71. The Hall–Kier alpha value is -1.87. The van der Waals surface area contributed by atoms with E-state index in [2.05, 4.69) is 0 Å². The SMILES string of the molecule is O=[N+]([O-])c1cccc(Cl)c1N1CCN(S(=O)(=O)c2ccc(Cl)cc2)CC1. The molecule has 1 saturated heterocycles. The number of benzene rings is 2. The molecule has 0 N–H and O–H groups in total. The van der Waals surface area contributed by atoms with E-state index in [0.717, 1.165) is 0 Å². The molecular formula is C16H15Cl2N3O4S. The van der Waals surface area contributed by atoms with Gasteiger partial charge in [-0.15, -0.1) is 0 Å². The lowest BCUT2D eigenvalue weighted by atomic mass is 10.2. The number of rotatable bonds is 4. The van der Waals surface area contributed by atoms with Crippen LogP contribution in [0.1, 0.15) is 0 Å². The molecule has 2 aromatic carbocycles. The first-order valence-electron chi connectivity index (χ1n) is 7.74. The molecule has 1 heterocycles. The van der Waals surface area contributed by atoms with Crippen LogP contribution >= 0.6 is 23.2 Å². The average Bonchev–Trinajstić information content (AvgIpc) is 2.62. The molecule has 10 heteroatoms. The molecule has 0 aromatic heterocycles. The van der Waals surface area contributed by atoms with Gasteiger partial charge in [0.2, 0.25) is 10.0 Å². The summed E-state index contributed by atoms with van der Waals surface area (Å²) in [6.07, 6.45) is 0. The van der Waals surface area contributed by atoms with Crippen molar-refractivity contribution in [2.75, 3.05) is 31.1 Å². The Kier molecular flexibility index (Phi) is 5.38. The molecule has 138 valence electrons. The van der Waals surface area contributed by atoms with Crippen molar-refractivity contribution in [3.63, 3.8) is 0 Å². The third kappa shape index (κ3) is 3.64. The molecule has 0 aliphatic carbocycles. The Bertz CT molecular complexity index is 927. The highest BCUT2D eigenvalue weighted by Crippen LogP contribution is 2.36. The van der Waals surface area contributed by atoms with E-state index in [4.69, 9.17) is 23.2 Å². The highest BCUT2D eigenvalue weighted by atomic mass is 35.5. The average molecular weight is 416 g/mol. The van der Waals surface area contributed by atoms with Gasteiger partial charge in [0, 0.05) is 37.3 Å². The Morgan fingerprint density at radius 2 is 1.58 bits per heavy atom. The van der Waals surface area contributed by atoms with Gasteiger partial charge in [-0.2, -0.15) is 4.31 Å². The number of hydrogen-bond acceptors (Lipinski definition) is 5. The van der Waals surface area contributed by atoms with Gasteiger partial charge in [-0.1, -0.05) is 29.3 Å². The van der Waals surface area contributed by atoms with Crippen LogP contribution in [0.15, 0.2) is 47.4 Å². The number of hydrogen-bond donors (Lipinski definition) is 0. The Morgan fingerprint density at radius 3 is 2.15 bits per heavy atom. The summed E-state index contributed by atoms with van der Waals surface area (Å²) in [6, 6.07) is 10.5. The summed E-state index contributed by atoms with van der Waals surface area (Å²) < 4.78 is 26.8. The summed E-state index contributed by atoms with van der Waals surface area (Å²) in [5.74, 6) is 0. The monoisotopic (exact) mass is 415 g/mol. The molecule has 26 heavy (non-hydrogen) atoms. The van der Waals surface area contributed by atoms with Crippen molar-refractivity contribution < 1.29 is 13.3 Å². The van der Waals surface area contributed by atoms with Crippen molar-refractivity contribution in [2.24, 2.45) is 0 Å².